The summed E-state index contributed by atoms with van der Waals surface area (Å²) in [6.07, 6.45) is 3.36. The lowest BCUT2D eigenvalue weighted by molar-refractivity contribution is -0.117. The molecule has 0 fully saturated rings. The van der Waals surface area contributed by atoms with Gasteiger partial charge in [0.15, 0.2) is 5.78 Å². The lowest BCUT2D eigenvalue weighted by atomic mass is 9.83. The summed E-state index contributed by atoms with van der Waals surface area (Å²) >= 11 is 6.51. The Balaban J connectivity index is 2.00. The van der Waals surface area contributed by atoms with E-state index in [-0.39, 0.29) is 17.6 Å². The van der Waals surface area contributed by atoms with Crippen molar-refractivity contribution in [3.05, 3.63) is 88.5 Å². The Morgan fingerprint density at radius 1 is 1.09 bits per heavy atom. The van der Waals surface area contributed by atoms with Gasteiger partial charge in [0.25, 0.3) is 0 Å². The van der Waals surface area contributed by atoms with Crippen molar-refractivity contribution in [3.63, 3.8) is 0 Å². The summed E-state index contributed by atoms with van der Waals surface area (Å²) in [4.78, 5) is 13.0. The minimum atomic E-state index is -0.0228. The van der Waals surface area contributed by atoms with Crippen molar-refractivity contribution in [2.24, 2.45) is 5.92 Å². The minimum Gasteiger partial charge on any atom is -0.494 e. The van der Waals surface area contributed by atoms with Crippen molar-refractivity contribution in [2.45, 2.75) is 32.6 Å². The van der Waals surface area contributed by atoms with E-state index in [4.69, 9.17) is 16.3 Å². The number of allylic oxidation sites excluding steroid dienone is 2. The number of hydrogen-bond acceptors (Lipinski definition) is 3. The summed E-state index contributed by atoms with van der Waals surface area (Å²) in [5, 5.41) is 3.94. The molecule has 0 saturated heterocycles. The van der Waals surface area contributed by atoms with Gasteiger partial charge in [-0.25, -0.2) is 0 Å². The fourth-order valence-corrected chi connectivity index (χ4v) is 4.87. The van der Waals surface area contributed by atoms with Crippen LogP contribution in [0.1, 0.15) is 49.3 Å². The van der Waals surface area contributed by atoms with E-state index in [1.165, 1.54) is 0 Å². The largest absolute Gasteiger partial charge is 0.494 e. The molecule has 0 aromatic heterocycles. The number of hydrogen-bond donors (Lipinski definition) is 1. The molecule has 0 aliphatic heterocycles. The fraction of sp³-hybridized carbons (Fsp3) is 0.276. The lowest BCUT2D eigenvalue weighted by Gasteiger charge is -2.23. The van der Waals surface area contributed by atoms with Crippen LogP contribution >= 0.6 is 11.6 Å². The van der Waals surface area contributed by atoms with Crippen LogP contribution < -0.4 is 10.1 Å². The summed E-state index contributed by atoms with van der Waals surface area (Å²) in [7, 11) is 3.60. The van der Waals surface area contributed by atoms with E-state index in [1.807, 2.05) is 50.4 Å². The van der Waals surface area contributed by atoms with Crippen LogP contribution in [0.25, 0.3) is 16.7 Å². The van der Waals surface area contributed by atoms with Gasteiger partial charge in [-0.1, -0.05) is 67.9 Å². The number of carbonyl (C=O) groups is 1. The maximum atomic E-state index is 13.0. The molecule has 33 heavy (non-hydrogen) atoms. The molecule has 0 radical (unpaired) electrons. The summed E-state index contributed by atoms with van der Waals surface area (Å²) in [5.74, 6) is 0.950. The van der Waals surface area contributed by atoms with Crippen LogP contribution in [0.15, 0.2) is 66.7 Å². The molecule has 3 nitrogen and oxygen atoms in total. The molecule has 0 amide bonds. The van der Waals surface area contributed by atoms with E-state index in [1.54, 1.807) is 7.11 Å². The van der Waals surface area contributed by atoms with Gasteiger partial charge in [-0.2, -0.15) is 0 Å². The number of fused-ring (bicyclic) bond motifs is 3. The summed E-state index contributed by atoms with van der Waals surface area (Å²) in [6, 6.07) is 20.6. The lowest BCUT2D eigenvalue weighted by Crippen LogP contribution is -2.09. The van der Waals surface area contributed by atoms with E-state index < -0.39 is 0 Å². The number of anilines is 1. The smallest absolute Gasteiger partial charge is 0.158 e. The molecule has 2 atom stereocenters. The molecule has 0 bridgehead atoms. The number of halogens is 1. The third kappa shape index (κ3) is 4.43. The zero-order valence-corrected chi connectivity index (χ0v) is 20.4. The van der Waals surface area contributed by atoms with Crippen molar-refractivity contribution in [1.82, 2.24) is 0 Å². The second-order valence-electron chi connectivity index (χ2n) is 8.59. The molecular formula is C29H30ClNO2. The Morgan fingerprint density at radius 3 is 2.55 bits per heavy atom. The van der Waals surface area contributed by atoms with E-state index in [0.29, 0.717) is 11.4 Å². The van der Waals surface area contributed by atoms with Crippen molar-refractivity contribution in [2.75, 3.05) is 19.5 Å². The predicted molar refractivity (Wildman–Crippen MR) is 138 cm³/mol. The van der Waals surface area contributed by atoms with Gasteiger partial charge in [0.05, 0.1) is 12.8 Å². The highest BCUT2D eigenvalue weighted by molar-refractivity contribution is 6.30. The van der Waals surface area contributed by atoms with Crippen molar-refractivity contribution in [1.29, 1.82) is 0 Å². The van der Waals surface area contributed by atoms with Crippen LogP contribution in [-0.2, 0) is 4.79 Å². The van der Waals surface area contributed by atoms with Crippen LogP contribution in [0.4, 0.5) is 5.69 Å². The Morgan fingerprint density at radius 2 is 1.85 bits per heavy atom. The predicted octanol–water partition coefficient (Wildman–Crippen LogP) is 7.59. The first-order chi connectivity index (χ1) is 16.0. The average Bonchev–Trinajstić information content (AvgIpc) is 2.97. The Labute approximate surface area is 201 Å². The first-order valence-electron chi connectivity index (χ1n) is 11.5. The Bertz CT molecular complexity index is 1210. The van der Waals surface area contributed by atoms with Crippen LogP contribution in [0.5, 0.6) is 5.75 Å². The van der Waals surface area contributed by atoms with Crippen LogP contribution in [0.2, 0.25) is 5.02 Å². The average molecular weight is 460 g/mol. The second-order valence-corrected chi connectivity index (χ2v) is 9.03. The number of para-hydroxylation sites is 1. The molecule has 170 valence electrons. The molecule has 2 unspecified atom stereocenters. The standard InChI is InChI=1S/C29H30ClNO2/c1-5-18(2)28(32)16-19-15-25(24-11-8-12-27(31-3)29(24)33-4)26-17-20(30)13-14-23(26)22-10-7-6-9-21(19)22/h6-14,16-18,25,31H,5,15H2,1-4H3/b19-16-. The first-order valence-corrected chi connectivity index (χ1v) is 11.8. The van der Waals surface area contributed by atoms with Gasteiger partial charge in [0, 0.05) is 29.5 Å². The monoisotopic (exact) mass is 459 g/mol. The van der Waals surface area contributed by atoms with Crippen LogP contribution in [0, 0.1) is 5.92 Å². The van der Waals surface area contributed by atoms with Crippen molar-refractivity contribution < 1.29 is 9.53 Å². The fourth-order valence-electron chi connectivity index (χ4n) is 4.69. The van der Waals surface area contributed by atoms with Gasteiger partial charge < -0.3 is 10.1 Å². The van der Waals surface area contributed by atoms with E-state index in [9.17, 15) is 4.79 Å². The molecule has 3 aromatic rings. The van der Waals surface area contributed by atoms with Crippen molar-refractivity contribution in [3.8, 4) is 16.9 Å². The third-order valence-corrected chi connectivity index (χ3v) is 6.92. The maximum absolute atomic E-state index is 13.0. The third-order valence-electron chi connectivity index (χ3n) is 6.69. The highest BCUT2D eigenvalue weighted by Gasteiger charge is 2.29. The number of benzene rings is 3. The number of methoxy groups -OCH3 is 1. The van der Waals surface area contributed by atoms with Crippen LogP contribution in [0.3, 0.4) is 0 Å². The number of nitrogens with one attached hydrogen (secondary N) is 1. The summed E-state index contributed by atoms with van der Waals surface area (Å²) in [5.41, 5.74) is 7.55. The van der Waals surface area contributed by atoms with Crippen LogP contribution in [-0.4, -0.2) is 19.9 Å². The molecule has 1 aliphatic carbocycles. The van der Waals surface area contributed by atoms with Gasteiger partial charge in [-0.15, -0.1) is 0 Å². The molecular weight excluding hydrogens is 430 g/mol. The molecule has 0 spiro atoms. The molecule has 0 heterocycles. The Hall–Kier alpha value is -3.04. The molecule has 3 aromatic carbocycles. The van der Waals surface area contributed by atoms with E-state index in [2.05, 4.69) is 42.6 Å². The topological polar surface area (TPSA) is 38.3 Å². The number of carbonyl (C=O) groups excluding carboxylic acids is 1. The summed E-state index contributed by atoms with van der Waals surface area (Å²) in [6.45, 7) is 4.05. The van der Waals surface area contributed by atoms with E-state index in [0.717, 1.165) is 51.2 Å². The highest BCUT2D eigenvalue weighted by Crippen LogP contribution is 2.49. The quantitative estimate of drug-likeness (QED) is 0.386. The molecule has 4 heteroatoms. The van der Waals surface area contributed by atoms with E-state index >= 15 is 0 Å². The zero-order chi connectivity index (χ0) is 23.5. The molecule has 1 aliphatic rings. The zero-order valence-electron chi connectivity index (χ0n) is 19.6. The van der Waals surface area contributed by atoms with Gasteiger partial charge in [-0.05, 0) is 64.9 Å². The SMILES string of the molecule is CCC(C)C(=O)/C=C1/CC(c2cccc(NC)c2OC)c2cc(Cl)ccc2-c2ccccc21. The summed E-state index contributed by atoms with van der Waals surface area (Å²) < 4.78 is 5.87. The van der Waals surface area contributed by atoms with Gasteiger partial charge in [0.1, 0.15) is 5.75 Å². The van der Waals surface area contributed by atoms with Gasteiger partial charge in [-0.3, -0.25) is 4.79 Å². The highest BCUT2D eigenvalue weighted by atomic mass is 35.5. The van der Waals surface area contributed by atoms with Gasteiger partial charge >= 0.3 is 0 Å². The second kappa shape index (κ2) is 9.84. The number of rotatable bonds is 6. The Kier molecular flexibility index (Phi) is 6.90. The van der Waals surface area contributed by atoms with Crippen molar-refractivity contribution >= 4 is 28.6 Å². The number of ether oxygens (including phenoxy) is 1. The molecule has 1 N–H and O–H groups in total. The maximum Gasteiger partial charge on any atom is 0.158 e. The van der Waals surface area contributed by atoms with Gasteiger partial charge in [0.2, 0.25) is 0 Å². The first kappa shape index (κ1) is 23.1. The molecule has 4 rings (SSSR count). The molecule has 0 saturated carbocycles. The normalized spacial score (nSPS) is 17.0. The number of ketones is 1. The minimum absolute atomic E-state index is 0.00894.